The number of nitrogens with one attached hydrogen (secondary N) is 1. The van der Waals surface area contributed by atoms with Crippen molar-refractivity contribution in [1.29, 1.82) is 0 Å². The number of hydrogen-bond donors (Lipinski definition) is 1. The maximum atomic E-state index is 12.6. The van der Waals surface area contributed by atoms with E-state index in [0.717, 1.165) is 19.4 Å². The molecule has 1 fully saturated rings. The zero-order valence-electron chi connectivity index (χ0n) is 10.9. The SMILES string of the molecule is O=S(=O)(c1ccccc1NCCC1CCOC1)C(F)F. The number of hydrogen-bond acceptors (Lipinski definition) is 4. The van der Waals surface area contributed by atoms with E-state index in [2.05, 4.69) is 5.32 Å². The van der Waals surface area contributed by atoms with Gasteiger partial charge >= 0.3 is 5.76 Å². The Hall–Kier alpha value is -1.21. The van der Waals surface area contributed by atoms with E-state index >= 15 is 0 Å². The average Bonchev–Trinajstić information content (AvgIpc) is 2.92. The van der Waals surface area contributed by atoms with Crippen molar-refractivity contribution in [3.63, 3.8) is 0 Å². The molecule has 1 atom stereocenters. The van der Waals surface area contributed by atoms with Crippen LogP contribution in [0.5, 0.6) is 0 Å². The molecule has 0 radical (unpaired) electrons. The lowest BCUT2D eigenvalue weighted by Gasteiger charge is -2.13. The van der Waals surface area contributed by atoms with Gasteiger partial charge in [0.05, 0.1) is 10.6 Å². The molecule has 112 valence electrons. The highest BCUT2D eigenvalue weighted by Gasteiger charge is 2.28. The molecule has 0 bridgehead atoms. The van der Waals surface area contributed by atoms with Crippen molar-refractivity contribution in [3.05, 3.63) is 24.3 Å². The summed E-state index contributed by atoms with van der Waals surface area (Å²) < 4.78 is 53.6. The Bertz CT molecular complexity index is 542. The summed E-state index contributed by atoms with van der Waals surface area (Å²) in [6.45, 7) is 1.99. The Balaban J connectivity index is 2.04. The molecular weight excluding hydrogens is 288 g/mol. The highest BCUT2D eigenvalue weighted by molar-refractivity contribution is 7.91. The maximum Gasteiger partial charge on any atom is 0.341 e. The molecule has 2 rings (SSSR count). The van der Waals surface area contributed by atoms with Gasteiger partial charge in [-0.1, -0.05) is 12.1 Å². The summed E-state index contributed by atoms with van der Waals surface area (Å²) in [5.74, 6) is -2.96. The standard InChI is InChI=1S/C13H17F2NO3S/c14-13(15)20(17,18)12-4-2-1-3-11(12)16-7-5-10-6-8-19-9-10/h1-4,10,13,16H,5-9H2. The second-order valence-corrected chi connectivity index (χ2v) is 6.63. The van der Waals surface area contributed by atoms with Crippen molar-refractivity contribution >= 4 is 15.5 Å². The Labute approximate surface area is 117 Å². The quantitative estimate of drug-likeness (QED) is 0.877. The van der Waals surface area contributed by atoms with Crippen molar-refractivity contribution < 1.29 is 21.9 Å². The lowest BCUT2D eigenvalue weighted by molar-refractivity contribution is 0.185. The third kappa shape index (κ3) is 3.46. The van der Waals surface area contributed by atoms with Crippen molar-refractivity contribution in [2.45, 2.75) is 23.5 Å². The summed E-state index contributed by atoms with van der Waals surface area (Å²) in [6.07, 6.45) is 1.81. The molecule has 0 saturated carbocycles. The number of benzene rings is 1. The van der Waals surface area contributed by atoms with E-state index in [0.29, 0.717) is 19.1 Å². The molecule has 0 aromatic heterocycles. The van der Waals surface area contributed by atoms with Crippen LogP contribution in [-0.4, -0.2) is 33.9 Å². The van der Waals surface area contributed by atoms with Gasteiger partial charge in [0.1, 0.15) is 0 Å². The van der Waals surface area contributed by atoms with E-state index in [-0.39, 0.29) is 10.6 Å². The van der Waals surface area contributed by atoms with Crippen molar-refractivity contribution in [2.24, 2.45) is 5.92 Å². The molecule has 1 saturated heterocycles. The minimum atomic E-state index is -4.58. The molecule has 1 unspecified atom stereocenters. The van der Waals surface area contributed by atoms with Crippen LogP contribution in [0.3, 0.4) is 0 Å². The number of ether oxygens (including phenoxy) is 1. The summed E-state index contributed by atoms with van der Waals surface area (Å²) in [7, 11) is -4.58. The van der Waals surface area contributed by atoms with Crippen molar-refractivity contribution in [3.8, 4) is 0 Å². The first-order valence-corrected chi connectivity index (χ1v) is 7.99. The molecule has 1 aliphatic rings. The number of anilines is 1. The van der Waals surface area contributed by atoms with E-state index in [1.165, 1.54) is 18.2 Å². The van der Waals surface area contributed by atoms with Gasteiger partial charge in [-0.15, -0.1) is 0 Å². The zero-order chi connectivity index (χ0) is 14.6. The minimum absolute atomic E-state index is 0.228. The zero-order valence-corrected chi connectivity index (χ0v) is 11.7. The minimum Gasteiger partial charge on any atom is -0.384 e. The number of sulfone groups is 1. The first kappa shape index (κ1) is 15.2. The smallest absolute Gasteiger partial charge is 0.341 e. The molecule has 1 aromatic rings. The van der Waals surface area contributed by atoms with E-state index in [4.69, 9.17) is 4.74 Å². The van der Waals surface area contributed by atoms with Crippen LogP contribution in [0, 0.1) is 5.92 Å². The van der Waals surface area contributed by atoms with Crippen LogP contribution in [0.25, 0.3) is 0 Å². The van der Waals surface area contributed by atoms with Gasteiger partial charge in [-0.2, -0.15) is 8.78 Å². The van der Waals surface area contributed by atoms with Gasteiger partial charge in [0.25, 0.3) is 0 Å². The summed E-state index contributed by atoms with van der Waals surface area (Å²) in [5.41, 5.74) is 0.228. The third-order valence-electron chi connectivity index (χ3n) is 3.32. The van der Waals surface area contributed by atoms with E-state index in [1.54, 1.807) is 6.07 Å². The fourth-order valence-corrected chi connectivity index (χ4v) is 3.09. The number of alkyl halides is 2. The summed E-state index contributed by atoms with van der Waals surface area (Å²) in [5, 5.41) is 2.93. The van der Waals surface area contributed by atoms with Gasteiger partial charge in [-0.05, 0) is 30.9 Å². The fourth-order valence-electron chi connectivity index (χ4n) is 2.18. The van der Waals surface area contributed by atoms with Gasteiger partial charge in [-0.25, -0.2) is 8.42 Å². The molecule has 0 spiro atoms. The second kappa shape index (κ2) is 6.49. The lowest BCUT2D eigenvalue weighted by Crippen LogP contribution is -2.15. The normalized spacial score (nSPS) is 19.4. The van der Waals surface area contributed by atoms with Crippen LogP contribution >= 0.6 is 0 Å². The molecule has 1 N–H and O–H groups in total. The van der Waals surface area contributed by atoms with Crippen molar-refractivity contribution in [1.82, 2.24) is 0 Å². The highest BCUT2D eigenvalue weighted by Crippen LogP contribution is 2.26. The summed E-state index contributed by atoms with van der Waals surface area (Å²) in [4.78, 5) is -0.349. The Morgan fingerprint density at radius 3 is 2.75 bits per heavy atom. The van der Waals surface area contributed by atoms with Gasteiger partial charge < -0.3 is 10.1 Å². The molecule has 1 heterocycles. The van der Waals surface area contributed by atoms with Crippen molar-refractivity contribution in [2.75, 3.05) is 25.1 Å². The predicted molar refractivity (Wildman–Crippen MR) is 71.7 cm³/mol. The molecule has 1 aromatic carbocycles. The lowest BCUT2D eigenvalue weighted by atomic mass is 10.1. The van der Waals surface area contributed by atoms with E-state index in [1.807, 2.05) is 0 Å². The Morgan fingerprint density at radius 1 is 1.35 bits per heavy atom. The molecule has 20 heavy (non-hydrogen) atoms. The number of rotatable bonds is 6. The van der Waals surface area contributed by atoms with Crippen LogP contribution in [0.2, 0.25) is 0 Å². The summed E-state index contributed by atoms with van der Waals surface area (Å²) in [6, 6.07) is 5.75. The maximum absolute atomic E-state index is 12.6. The number of halogens is 2. The largest absolute Gasteiger partial charge is 0.384 e. The molecule has 0 amide bonds. The predicted octanol–water partition coefficient (Wildman–Crippen LogP) is 2.52. The van der Waals surface area contributed by atoms with Crippen LogP contribution in [-0.2, 0) is 14.6 Å². The highest BCUT2D eigenvalue weighted by atomic mass is 32.2. The van der Waals surface area contributed by atoms with Gasteiger partial charge in [0, 0.05) is 19.8 Å². The molecule has 1 aliphatic heterocycles. The molecule has 0 aliphatic carbocycles. The van der Waals surface area contributed by atoms with Crippen LogP contribution < -0.4 is 5.32 Å². The van der Waals surface area contributed by atoms with Crippen LogP contribution in [0.1, 0.15) is 12.8 Å². The van der Waals surface area contributed by atoms with Gasteiger partial charge in [0.15, 0.2) is 0 Å². The Morgan fingerprint density at radius 2 is 2.10 bits per heavy atom. The third-order valence-corrected chi connectivity index (χ3v) is 4.76. The Kier molecular flexibility index (Phi) is 4.93. The van der Waals surface area contributed by atoms with Gasteiger partial charge in [0.2, 0.25) is 9.84 Å². The first-order valence-electron chi connectivity index (χ1n) is 6.44. The second-order valence-electron chi connectivity index (χ2n) is 4.75. The molecule has 4 nitrogen and oxygen atoms in total. The summed E-state index contributed by atoms with van der Waals surface area (Å²) >= 11 is 0. The van der Waals surface area contributed by atoms with Gasteiger partial charge in [-0.3, -0.25) is 0 Å². The first-order chi connectivity index (χ1) is 9.51. The van der Waals surface area contributed by atoms with E-state index < -0.39 is 15.6 Å². The fraction of sp³-hybridized carbons (Fsp3) is 0.538. The van der Waals surface area contributed by atoms with Crippen LogP contribution in [0.15, 0.2) is 29.2 Å². The number of para-hydroxylation sites is 1. The molecule has 7 heteroatoms. The molecular formula is C13H17F2NO3S. The average molecular weight is 305 g/mol. The van der Waals surface area contributed by atoms with Crippen LogP contribution in [0.4, 0.5) is 14.5 Å². The monoisotopic (exact) mass is 305 g/mol. The topological polar surface area (TPSA) is 55.4 Å². The van der Waals surface area contributed by atoms with E-state index in [9.17, 15) is 17.2 Å².